The molecule has 1 heterocycles. The average molecular weight is 311 g/mol. The molecule has 3 nitrogen and oxygen atoms in total. The standard InChI is InChI=1S/C15H12Cl2O3/c16-11-4-2-1-3-9(11)15(18)10-7-13-14(8-12(10)17)20-6-5-19-13/h1-4,7-8,15,18H,5-6H2. The van der Waals surface area contributed by atoms with Crippen molar-refractivity contribution in [3.63, 3.8) is 0 Å². The molecule has 0 aromatic heterocycles. The van der Waals surface area contributed by atoms with Gasteiger partial charge in [0.1, 0.15) is 19.3 Å². The molecular formula is C15H12Cl2O3. The number of halogens is 2. The summed E-state index contributed by atoms with van der Waals surface area (Å²) in [6.45, 7) is 0.978. The number of benzene rings is 2. The monoisotopic (exact) mass is 310 g/mol. The van der Waals surface area contributed by atoms with E-state index >= 15 is 0 Å². The average Bonchev–Trinajstić information content (AvgIpc) is 2.46. The van der Waals surface area contributed by atoms with E-state index in [2.05, 4.69) is 0 Å². The molecule has 0 saturated carbocycles. The van der Waals surface area contributed by atoms with Gasteiger partial charge in [-0.05, 0) is 12.1 Å². The van der Waals surface area contributed by atoms with Crippen LogP contribution < -0.4 is 9.47 Å². The predicted molar refractivity (Wildman–Crippen MR) is 78.0 cm³/mol. The molecule has 5 heteroatoms. The molecule has 0 amide bonds. The minimum atomic E-state index is -0.910. The first-order chi connectivity index (χ1) is 9.66. The quantitative estimate of drug-likeness (QED) is 0.915. The first kappa shape index (κ1) is 13.6. The van der Waals surface area contributed by atoms with Crippen LogP contribution in [0.5, 0.6) is 11.5 Å². The van der Waals surface area contributed by atoms with Gasteiger partial charge in [0.15, 0.2) is 11.5 Å². The number of rotatable bonds is 2. The fraction of sp³-hybridized carbons (Fsp3) is 0.200. The molecule has 1 aliphatic heterocycles. The molecule has 1 N–H and O–H groups in total. The molecule has 0 saturated heterocycles. The summed E-state index contributed by atoms with van der Waals surface area (Å²) in [6, 6.07) is 10.5. The van der Waals surface area contributed by atoms with E-state index in [1.54, 1.807) is 24.3 Å². The van der Waals surface area contributed by atoms with Crippen molar-refractivity contribution in [2.45, 2.75) is 6.10 Å². The maximum Gasteiger partial charge on any atom is 0.162 e. The molecule has 3 rings (SSSR count). The topological polar surface area (TPSA) is 38.7 Å². The van der Waals surface area contributed by atoms with Gasteiger partial charge in [0.05, 0.1) is 5.02 Å². The molecule has 1 atom stereocenters. The van der Waals surface area contributed by atoms with E-state index in [1.807, 2.05) is 12.1 Å². The zero-order valence-corrected chi connectivity index (χ0v) is 12.0. The summed E-state index contributed by atoms with van der Waals surface area (Å²) in [5.41, 5.74) is 1.15. The minimum Gasteiger partial charge on any atom is -0.486 e. The maximum atomic E-state index is 10.5. The highest BCUT2D eigenvalue weighted by Crippen LogP contribution is 2.40. The minimum absolute atomic E-state index is 0.418. The Morgan fingerprint density at radius 3 is 2.25 bits per heavy atom. The Kier molecular flexibility index (Phi) is 3.74. The predicted octanol–water partition coefficient (Wildman–Crippen LogP) is 3.85. The van der Waals surface area contributed by atoms with Crippen LogP contribution in [0, 0.1) is 0 Å². The second-order valence-corrected chi connectivity index (χ2v) is 5.26. The summed E-state index contributed by atoms with van der Waals surface area (Å²) in [6.07, 6.45) is -0.910. The van der Waals surface area contributed by atoms with E-state index < -0.39 is 6.10 Å². The van der Waals surface area contributed by atoms with Crippen LogP contribution in [0.1, 0.15) is 17.2 Å². The Bertz CT molecular complexity index is 643. The van der Waals surface area contributed by atoms with Crippen molar-refractivity contribution < 1.29 is 14.6 Å². The lowest BCUT2D eigenvalue weighted by Gasteiger charge is -2.21. The van der Waals surface area contributed by atoms with E-state index in [-0.39, 0.29) is 0 Å². The smallest absolute Gasteiger partial charge is 0.162 e. The molecule has 20 heavy (non-hydrogen) atoms. The van der Waals surface area contributed by atoms with E-state index in [9.17, 15) is 5.11 Å². The summed E-state index contributed by atoms with van der Waals surface area (Å²) < 4.78 is 11.0. The van der Waals surface area contributed by atoms with Gasteiger partial charge in [0, 0.05) is 22.2 Å². The zero-order chi connectivity index (χ0) is 14.1. The van der Waals surface area contributed by atoms with Crippen molar-refractivity contribution in [3.05, 3.63) is 57.6 Å². The Morgan fingerprint density at radius 2 is 1.55 bits per heavy atom. The van der Waals surface area contributed by atoms with Gasteiger partial charge in [-0.25, -0.2) is 0 Å². The number of hydrogen-bond donors (Lipinski definition) is 1. The van der Waals surface area contributed by atoms with Crippen LogP contribution in [0.4, 0.5) is 0 Å². The van der Waals surface area contributed by atoms with Crippen molar-refractivity contribution in [2.24, 2.45) is 0 Å². The SMILES string of the molecule is OC(c1ccccc1Cl)c1cc2c(cc1Cl)OCCO2. The summed E-state index contributed by atoms with van der Waals surface area (Å²) in [4.78, 5) is 0. The highest BCUT2D eigenvalue weighted by atomic mass is 35.5. The van der Waals surface area contributed by atoms with Gasteiger partial charge < -0.3 is 14.6 Å². The molecule has 1 aliphatic rings. The number of aliphatic hydroxyl groups excluding tert-OH is 1. The lowest BCUT2D eigenvalue weighted by Crippen LogP contribution is -2.16. The molecule has 0 radical (unpaired) electrons. The highest BCUT2D eigenvalue weighted by Gasteiger charge is 2.21. The number of ether oxygens (including phenoxy) is 2. The van der Waals surface area contributed by atoms with E-state index in [0.717, 1.165) is 0 Å². The Balaban J connectivity index is 2.03. The van der Waals surface area contributed by atoms with Crippen LogP contribution >= 0.6 is 23.2 Å². The molecule has 0 bridgehead atoms. The molecule has 2 aromatic carbocycles. The second-order valence-electron chi connectivity index (χ2n) is 4.44. The summed E-state index contributed by atoms with van der Waals surface area (Å²) >= 11 is 12.3. The number of aliphatic hydroxyl groups is 1. The van der Waals surface area contributed by atoms with Crippen molar-refractivity contribution in [2.75, 3.05) is 13.2 Å². The second kappa shape index (κ2) is 5.52. The zero-order valence-electron chi connectivity index (χ0n) is 10.5. The van der Waals surface area contributed by atoms with Gasteiger partial charge in [0.25, 0.3) is 0 Å². The van der Waals surface area contributed by atoms with Crippen molar-refractivity contribution >= 4 is 23.2 Å². The third-order valence-electron chi connectivity index (χ3n) is 3.16. The molecule has 0 aliphatic carbocycles. The first-order valence-corrected chi connectivity index (χ1v) is 6.94. The molecular weight excluding hydrogens is 299 g/mol. The van der Waals surface area contributed by atoms with E-state index in [1.165, 1.54) is 0 Å². The third-order valence-corrected chi connectivity index (χ3v) is 3.83. The normalized spacial score (nSPS) is 14.9. The molecule has 2 aromatic rings. The van der Waals surface area contributed by atoms with Crippen LogP contribution in [-0.2, 0) is 0 Å². The maximum absolute atomic E-state index is 10.5. The van der Waals surface area contributed by atoms with Crippen LogP contribution in [0.2, 0.25) is 10.0 Å². The third kappa shape index (κ3) is 2.44. The van der Waals surface area contributed by atoms with Gasteiger partial charge in [-0.15, -0.1) is 0 Å². The van der Waals surface area contributed by atoms with Crippen LogP contribution in [-0.4, -0.2) is 18.3 Å². The largest absolute Gasteiger partial charge is 0.486 e. The molecule has 0 spiro atoms. The van der Waals surface area contributed by atoms with Gasteiger partial charge in [-0.1, -0.05) is 41.4 Å². The van der Waals surface area contributed by atoms with Crippen molar-refractivity contribution in [3.8, 4) is 11.5 Å². The summed E-state index contributed by atoms with van der Waals surface area (Å²) in [7, 11) is 0. The highest BCUT2D eigenvalue weighted by molar-refractivity contribution is 6.32. The van der Waals surface area contributed by atoms with Crippen LogP contribution in [0.25, 0.3) is 0 Å². The fourth-order valence-corrected chi connectivity index (χ4v) is 2.65. The lowest BCUT2D eigenvalue weighted by molar-refractivity contribution is 0.169. The van der Waals surface area contributed by atoms with Crippen LogP contribution in [0.15, 0.2) is 36.4 Å². The van der Waals surface area contributed by atoms with Crippen molar-refractivity contribution in [1.82, 2.24) is 0 Å². The Morgan fingerprint density at radius 1 is 0.900 bits per heavy atom. The fourth-order valence-electron chi connectivity index (χ4n) is 2.15. The van der Waals surface area contributed by atoms with E-state index in [4.69, 9.17) is 32.7 Å². The Labute approximate surface area is 126 Å². The summed E-state index contributed by atoms with van der Waals surface area (Å²) in [5, 5.41) is 11.4. The number of hydrogen-bond acceptors (Lipinski definition) is 3. The van der Waals surface area contributed by atoms with Crippen LogP contribution in [0.3, 0.4) is 0 Å². The molecule has 104 valence electrons. The van der Waals surface area contributed by atoms with Crippen molar-refractivity contribution in [1.29, 1.82) is 0 Å². The van der Waals surface area contributed by atoms with Gasteiger partial charge >= 0.3 is 0 Å². The van der Waals surface area contributed by atoms with Gasteiger partial charge in [0.2, 0.25) is 0 Å². The van der Waals surface area contributed by atoms with Gasteiger partial charge in [-0.3, -0.25) is 0 Å². The molecule has 0 fully saturated rings. The summed E-state index contributed by atoms with van der Waals surface area (Å²) in [5.74, 6) is 1.18. The first-order valence-electron chi connectivity index (χ1n) is 6.18. The molecule has 1 unspecified atom stereocenters. The van der Waals surface area contributed by atoms with E-state index in [0.29, 0.717) is 45.9 Å². The number of fused-ring (bicyclic) bond motifs is 1. The lowest BCUT2D eigenvalue weighted by atomic mass is 10.0. The van der Waals surface area contributed by atoms with Gasteiger partial charge in [-0.2, -0.15) is 0 Å². The Hall–Kier alpha value is -1.42.